The summed E-state index contributed by atoms with van der Waals surface area (Å²) in [7, 11) is 1.88. The van der Waals surface area contributed by atoms with Gasteiger partial charge in [-0.3, -0.25) is 9.69 Å². The summed E-state index contributed by atoms with van der Waals surface area (Å²) in [5.41, 5.74) is 0. The number of hydrogen-bond donors (Lipinski definition) is 1. The fourth-order valence-corrected chi connectivity index (χ4v) is 2.40. The van der Waals surface area contributed by atoms with Crippen molar-refractivity contribution in [3.63, 3.8) is 0 Å². The van der Waals surface area contributed by atoms with Gasteiger partial charge in [-0.25, -0.2) is 0 Å². The van der Waals surface area contributed by atoms with Crippen LogP contribution in [0, 0.1) is 0 Å². The summed E-state index contributed by atoms with van der Waals surface area (Å²) in [5.74, 6) is 0.295. The molecule has 1 atom stereocenters. The summed E-state index contributed by atoms with van der Waals surface area (Å²) in [4.78, 5) is 16.3. The number of nitrogens with zero attached hydrogens (tertiary/aromatic N) is 2. The second-order valence-corrected chi connectivity index (χ2v) is 4.36. The number of halogens is 2. The molecule has 0 aromatic heterocycles. The van der Waals surface area contributed by atoms with Gasteiger partial charge < -0.3 is 10.2 Å². The Kier molecular flexibility index (Phi) is 12.2. The SMILES string of the molecule is CCN(CC)C1CCN(C(=O)CCNC)C1.Cl.Cl. The number of nitrogens with one attached hydrogen (secondary N) is 1. The first-order valence-corrected chi connectivity index (χ1v) is 6.39. The summed E-state index contributed by atoms with van der Waals surface area (Å²) in [6.07, 6.45) is 1.76. The Morgan fingerprint density at radius 3 is 2.44 bits per heavy atom. The highest BCUT2D eigenvalue weighted by molar-refractivity contribution is 5.85. The number of amides is 1. The van der Waals surface area contributed by atoms with Gasteiger partial charge in [0.05, 0.1) is 0 Å². The molecule has 1 amide bonds. The second kappa shape index (κ2) is 10.9. The van der Waals surface area contributed by atoms with E-state index >= 15 is 0 Å². The Balaban J connectivity index is 0. The number of likely N-dealkylation sites (N-methyl/N-ethyl adjacent to an activating group) is 1. The quantitative estimate of drug-likeness (QED) is 0.805. The molecule has 1 heterocycles. The third-order valence-electron chi connectivity index (χ3n) is 3.43. The largest absolute Gasteiger partial charge is 0.341 e. The molecule has 6 heteroatoms. The van der Waals surface area contributed by atoms with E-state index in [0.717, 1.165) is 39.1 Å². The van der Waals surface area contributed by atoms with E-state index < -0.39 is 0 Å². The zero-order chi connectivity index (χ0) is 12.0. The number of likely N-dealkylation sites (tertiary alicyclic amines) is 1. The van der Waals surface area contributed by atoms with E-state index in [0.29, 0.717) is 18.4 Å². The van der Waals surface area contributed by atoms with Crippen molar-refractivity contribution < 1.29 is 4.79 Å². The summed E-state index contributed by atoms with van der Waals surface area (Å²) in [6.45, 7) is 9.18. The highest BCUT2D eigenvalue weighted by Gasteiger charge is 2.28. The normalized spacial score (nSPS) is 18.4. The van der Waals surface area contributed by atoms with Crippen LogP contribution in [-0.4, -0.2) is 61.5 Å². The fourth-order valence-electron chi connectivity index (χ4n) is 2.40. The van der Waals surface area contributed by atoms with E-state index in [9.17, 15) is 4.79 Å². The van der Waals surface area contributed by atoms with Crippen LogP contribution in [0.3, 0.4) is 0 Å². The lowest BCUT2D eigenvalue weighted by atomic mass is 10.2. The standard InChI is InChI=1S/C12H25N3O.2ClH/c1-4-14(5-2)11-7-9-15(10-11)12(16)6-8-13-3;;/h11,13H,4-10H2,1-3H3;2*1H. The lowest BCUT2D eigenvalue weighted by Crippen LogP contribution is -2.39. The smallest absolute Gasteiger partial charge is 0.223 e. The van der Waals surface area contributed by atoms with Crippen LogP contribution in [0.1, 0.15) is 26.7 Å². The van der Waals surface area contributed by atoms with Crippen molar-refractivity contribution in [1.29, 1.82) is 0 Å². The Morgan fingerprint density at radius 2 is 1.94 bits per heavy atom. The highest BCUT2D eigenvalue weighted by atomic mass is 35.5. The van der Waals surface area contributed by atoms with E-state index in [1.165, 1.54) is 0 Å². The first-order chi connectivity index (χ1) is 7.72. The predicted molar refractivity (Wildman–Crippen MR) is 80.9 cm³/mol. The van der Waals surface area contributed by atoms with Crippen LogP contribution >= 0.6 is 24.8 Å². The number of rotatable bonds is 6. The first kappa shape index (κ1) is 20.3. The fraction of sp³-hybridized carbons (Fsp3) is 0.917. The number of carbonyl (C=O) groups is 1. The molecule has 0 aromatic carbocycles. The molecule has 0 aliphatic carbocycles. The first-order valence-electron chi connectivity index (χ1n) is 6.39. The van der Waals surface area contributed by atoms with Crippen LogP contribution in [-0.2, 0) is 4.79 Å². The van der Waals surface area contributed by atoms with Crippen molar-refractivity contribution in [3.8, 4) is 0 Å². The minimum absolute atomic E-state index is 0. The molecular formula is C12H27Cl2N3O. The maximum absolute atomic E-state index is 11.8. The Hall–Kier alpha value is -0.0300. The third-order valence-corrected chi connectivity index (χ3v) is 3.43. The van der Waals surface area contributed by atoms with Crippen LogP contribution in [0.4, 0.5) is 0 Å². The monoisotopic (exact) mass is 299 g/mol. The molecule has 1 aliphatic rings. The van der Waals surface area contributed by atoms with Crippen LogP contribution in [0.5, 0.6) is 0 Å². The van der Waals surface area contributed by atoms with Gasteiger partial charge in [-0.2, -0.15) is 0 Å². The van der Waals surface area contributed by atoms with Gasteiger partial charge in [0.1, 0.15) is 0 Å². The molecule has 1 fully saturated rings. The van der Waals surface area contributed by atoms with Gasteiger partial charge in [0, 0.05) is 32.1 Å². The Labute approximate surface area is 123 Å². The Morgan fingerprint density at radius 1 is 1.33 bits per heavy atom. The van der Waals surface area contributed by atoms with Gasteiger partial charge in [0.15, 0.2) is 0 Å². The molecule has 1 saturated heterocycles. The predicted octanol–water partition coefficient (Wildman–Crippen LogP) is 1.38. The van der Waals surface area contributed by atoms with Gasteiger partial charge in [0.2, 0.25) is 5.91 Å². The van der Waals surface area contributed by atoms with E-state index in [4.69, 9.17) is 0 Å². The van der Waals surface area contributed by atoms with Gasteiger partial charge in [0.25, 0.3) is 0 Å². The van der Waals surface area contributed by atoms with Crippen LogP contribution in [0.15, 0.2) is 0 Å². The maximum atomic E-state index is 11.8. The van der Waals surface area contributed by atoms with Gasteiger partial charge in [-0.1, -0.05) is 13.8 Å². The summed E-state index contributed by atoms with van der Waals surface area (Å²) in [6, 6.07) is 0.577. The molecule has 0 bridgehead atoms. The average Bonchev–Trinajstić information content (AvgIpc) is 2.77. The van der Waals surface area contributed by atoms with Crippen molar-refractivity contribution in [2.75, 3.05) is 39.8 Å². The van der Waals surface area contributed by atoms with Gasteiger partial charge >= 0.3 is 0 Å². The highest BCUT2D eigenvalue weighted by Crippen LogP contribution is 2.15. The third kappa shape index (κ3) is 5.74. The minimum atomic E-state index is 0. The molecule has 0 saturated carbocycles. The van der Waals surface area contributed by atoms with Crippen LogP contribution in [0.2, 0.25) is 0 Å². The zero-order valence-corrected chi connectivity index (χ0v) is 13.3. The van der Waals surface area contributed by atoms with E-state index in [1.54, 1.807) is 0 Å². The number of carbonyl (C=O) groups excluding carboxylic acids is 1. The van der Waals surface area contributed by atoms with Crippen molar-refractivity contribution in [1.82, 2.24) is 15.1 Å². The van der Waals surface area contributed by atoms with Crippen LogP contribution < -0.4 is 5.32 Å². The van der Waals surface area contributed by atoms with Gasteiger partial charge in [-0.15, -0.1) is 24.8 Å². The summed E-state index contributed by atoms with van der Waals surface area (Å²) >= 11 is 0. The van der Waals surface area contributed by atoms with Crippen molar-refractivity contribution in [3.05, 3.63) is 0 Å². The van der Waals surface area contributed by atoms with Crippen molar-refractivity contribution in [2.45, 2.75) is 32.7 Å². The van der Waals surface area contributed by atoms with E-state index in [2.05, 4.69) is 24.1 Å². The van der Waals surface area contributed by atoms with Crippen molar-refractivity contribution in [2.24, 2.45) is 0 Å². The molecule has 1 N–H and O–H groups in total. The molecule has 1 rings (SSSR count). The maximum Gasteiger partial charge on any atom is 0.223 e. The zero-order valence-electron chi connectivity index (χ0n) is 11.6. The molecule has 4 nitrogen and oxygen atoms in total. The molecule has 110 valence electrons. The summed E-state index contributed by atoms with van der Waals surface area (Å²) in [5, 5.41) is 3.02. The topological polar surface area (TPSA) is 35.6 Å². The average molecular weight is 300 g/mol. The van der Waals surface area contributed by atoms with Crippen molar-refractivity contribution >= 4 is 30.7 Å². The molecular weight excluding hydrogens is 273 g/mol. The molecule has 1 unspecified atom stereocenters. The lowest BCUT2D eigenvalue weighted by Gasteiger charge is -2.26. The van der Waals surface area contributed by atoms with Gasteiger partial charge in [-0.05, 0) is 26.6 Å². The van der Waals surface area contributed by atoms with Crippen LogP contribution in [0.25, 0.3) is 0 Å². The van der Waals surface area contributed by atoms with E-state index in [-0.39, 0.29) is 24.8 Å². The lowest BCUT2D eigenvalue weighted by molar-refractivity contribution is -0.130. The summed E-state index contributed by atoms with van der Waals surface area (Å²) < 4.78 is 0. The molecule has 0 aromatic rings. The molecule has 18 heavy (non-hydrogen) atoms. The number of hydrogen-bond acceptors (Lipinski definition) is 3. The molecule has 1 aliphatic heterocycles. The minimum Gasteiger partial charge on any atom is -0.341 e. The molecule has 0 spiro atoms. The Bertz CT molecular complexity index is 225. The second-order valence-electron chi connectivity index (χ2n) is 4.36. The van der Waals surface area contributed by atoms with E-state index in [1.807, 2.05) is 11.9 Å². The molecule has 0 radical (unpaired) electrons.